The number of hydrogen-bond acceptors (Lipinski definition) is 5. The van der Waals surface area contributed by atoms with Crippen LogP contribution in [0.1, 0.15) is 11.3 Å². The molecule has 2 aromatic carbocycles. The van der Waals surface area contributed by atoms with E-state index in [0.717, 1.165) is 22.2 Å². The number of carbonyl (C=O) groups excluding carboxylic acids is 3. The number of benzene rings is 2. The van der Waals surface area contributed by atoms with Crippen LogP contribution in [0.4, 0.5) is 10.5 Å². The normalized spacial score (nSPS) is 14.9. The summed E-state index contributed by atoms with van der Waals surface area (Å²) >= 11 is 19.0. The summed E-state index contributed by atoms with van der Waals surface area (Å²) in [6.45, 7) is 1.42. The molecule has 33 heavy (non-hydrogen) atoms. The Bertz CT molecular complexity index is 1320. The summed E-state index contributed by atoms with van der Waals surface area (Å²) in [5, 5.41) is 3.54. The Morgan fingerprint density at radius 3 is 2.61 bits per heavy atom. The van der Waals surface area contributed by atoms with Crippen LogP contribution < -0.4 is 5.32 Å². The summed E-state index contributed by atoms with van der Waals surface area (Å²) in [6, 6.07) is 13.4. The van der Waals surface area contributed by atoms with E-state index < -0.39 is 23.6 Å². The van der Waals surface area contributed by atoms with Crippen molar-refractivity contribution in [2.75, 3.05) is 11.9 Å². The topological polar surface area (TPSA) is 79.6 Å². The fourth-order valence-electron chi connectivity index (χ4n) is 3.04. The van der Waals surface area contributed by atoms with Crippen molar-refractivity contribution in [3.8, 4) is 11.3 Å². The molecule has 4 rings (SSSR count). The SMILES string of the molecule is Cc1ccc(NC(=O)CN2C(=O)S/C(=C/c3ccc(-c4cc(Cl)ccc4Cl)o3)C2=O)cc1Cl. The van der Waals surface area contributed by atoms with Crippen LogP contribution in [-0.2, 0) is 9.59 Å². The van der Waals surface area contributed by atoms with Crippen molar-refractivity contribution in [3.05, 3.63) is 79.8 Å². The zero-order valence-electron chi connectivity index (χ0n) is 17.0. The first-order chi connectivity index (χ1) is 15.7. The van der Waals surface area contributed by atoms with Gasteiger partial charge in [-0.3, -0.25) is 19.3 Å². The number of furan rings is 1. The minimum absolute atomic E-state index is 0.143. The number of halogens is 3. The minimum Gasteiger partial charge on any atom is -0.457 e. The van der Waals surface area contributed by atoms with Crippen LogP contribution in [-0.4, -0.2) is 28.5 Å². The summed E-state index contributed by atoms with van der Waals surface area (Å²) in [4.78, 5) is 38.4. The molecule has 3 amide bonds. The third-order valence-electron chi connectivity index (χ3n) is 4.72. The standard InChI is InChI=1S/C23H15Cl3N2O4S/c1-12-2-4-14(9-18(12)26)27-21(29)11-28-22(30)20(33-23(28)31)10-15-5-7-19(32-15)16-8-13(24)3-6-17(16)25/h2-10H,11H2,1H3,(H,27,29)/b20-10+. The summed E-state index contributed by atoms with van der Waals surface area (Å²) in [6.07, 6.45) is 1.45. The van der Waals surface area contributed by atoms with E-state index in [2.05, 4.69) is 5.32 Å². The van der Waals surface area contributed by atoms with Gasteiger partial charge in [0.2, 0.25) is 5.91 Å². The Morgan fingerprint density at radius 1 is 1.06 bits per heavy atom. The molecule has 1 fully saturated rings. The molecule has 1 aliphatic rings. The molecular formula is C23H15Cl3N2O4S. The summed E-state index contributed by atoms with van der Waals surface area (Å²) < 4.78 is 5.76. The summed E-state index contributed by atoms with van der Waals surface area (Å²) in [5.74, 6) is -0.287. The second-order valence-corrected chi connectivity index (χ2v) is 9.35. The number of thioether (sulfide) groups is 1. The zero-order chi connectivity index (χ0) is 23.7. The van der Waals surface area contributed by atoms with E-state index in [0.29, 0.717) is 37.8 Å². The average molecular weight is 522 g/mol. The number of aryl methyl sites for hydroxylation is 1. The largest absolute Gasteiger partial charge is 0.457 e. The Kier molecular flexibility index (Phi) is 6.86. The number of imide groups is 1. The molecule has 6 nitrogen and oxygen atoms in total. The van der Waals surface area contributed by atoms with E-state index in [1.54, 1.807) is 48.5 Å². The van der Waals surface area contributed by atoms with Gasteiger partial charge in [-0.05, 0) is 66.7 Å². The van der Waals surface area contributed by atoms with Gasteiger partial charge in [0.05, 0.1) is 9.93 Å². The first-order valence-corrected chi connectivity index (χ1v) is 11.5. The van der Waals surface area contributed by atoms with Crippen LogP contribution >= 0.6 is 46.6 Å². The fourth-order valence-corrected chi connectivity index (χ4v) is 4.42. The van der Waals surface area contributed by atoms with Crippen molar-refractivity contribution in [2.24, 2.45) is 0 Å². The smallest absolute Gasteiger partial charge is 0.294 e. The molecule has 1 saturated heterocycles. The molecule has 0 atom stereocenters. The van der Waals surface area contributed by atoms with E-state index in [9.17, 15) is 14.4 Å². The molecule has 0 saturated carbocycles. The first kappa shape index (κ1) is 23.4. The lowest BCUT2D eigenvalue weighted by Crippen LogP contribution is -2.36. The predicted molar refractivity (Wildman–Crippen MR) is 132 cm³/mol. The fraction of sp³-hybridized carbons (Fsp3) is 0.0870. The van der Waals surface area contributed by atoms with Crippen molar-refractivity contribution >= 4 is 75.4 Å². The van der Waals surface area contributed by atoms with Crippen molar-refractivity contribution in [2.45, 2.75) is 6.92 Å². The number of anilines is 1. The van der Waals surface area contributed by atoms with Crippen molar-refractivity contribution in [3.63, 3.8) is 0 Å². The highest BCUT2D eigenvalue weighted by molar-refractivity contribution is 8.18. The number of amides is 3. The van der Waals surface area contributed by atoms with Crippen LogP contribution in [0.2, 0.25) is 15.1 Å². The molecule has 168 valence electrons. The zero-order valence-corrected chi connectivity index (χ0v) is 20.1. The highest BCUT2D eigenvalue weighted by Crippen LogP contribution is 2.35. The molecule has 2 heterocycles. The van der Waals surface area contributed by atoms with Crippen LogP contribution in [0.3, 0.4) is 0 Å². The Balaban J connectivity index is 1.46. The van der Waals surface area contributed by atoms with Gasteiger partial charge in [0.15, 0.2) is 0 Å². The molecule has 3 aromatic rings. The number of nitrogens with zero attached hydrogens (tertiary/aromatic N) is 1. The molecule has 10 heteroatoms. The first-order valence-electron chi connectivity index (χ1n) is 9.58. The van der Waals surface area contributed by atoms with E-state index in [4.69, 9.17) is 39.2 Å². The molecule has 1 aliphatic heterocycles. The molecular weight excluding hydrogens is 507 g/mol. The molecule has 0 aliphatic carbocycles. The number of rotatable bonds is 5. The average Bonchev–Trinajstić information content (AvgIpc) is 3.33. The molecule has 1 aromatic heterocycles. The second-order valence-electron chi connectivity index (χ2n) is 7.11. The Labute approximate surface area is 208 Å². The lowest BCUT2D eigenvalue weighted by atomic mass is 10.2. The molecule has 0 bridgehead atoms. The summed E-state index contributed by atoms with van der Waals surface area (Å²) in [5.41, 5.74) is 1.94. The highest BCUT2D eigenvalue weighted by Gasteiger charge is 2.36. The van der Waals surface area contributed by atoms with E-state index in [1.165, 1.54) is 6.08 Å². The molecule has 0 radical (unpaired) electrons. The third-order valence-corrected chi connectivity index (χ3v) is 6.60. The van der Waals surface area contributed by atoms with Gasteiger partial charge in [-0.2, -0.15) is 0 Å². The van der Waals surface area contributed by atoms with Crippen molar-refractivity contribution < 1.29 is 18.8 Å². The quantitative estimate of drug-likeness (QED) is 0.370. The molecule has 0 spiro atoms. The van der Waals surface area contributed by atoms with Gasteiger partial charge in [0.25, 0.3) is 11.1 Å². The van der Waals surface area contributed by atoms with Crippen molar-refractivity contribution in [1.29, 1.82) is 0 Å². The maximum absolute atomic E-state index is 12.7. The van der Waals surface area contributed by atoms with Gasteiger partial charge in [0.1, 0.15) is 18.1 Å². The predicted octanol–water partition coefficient (Wildman–Crippen LogP) is 6.89. The third kappa shape index (κ3) is 5.28. The van der Waals surface area contributed by atoms with Gasteiger partial charge in [-0.25, -0.2) is 0 Å². The van der Waals surface area contributed by atoms with Gasteiger partial charge >= 0.3 is 0 Å². The number of carbonyl (C=O) groups is 3. The number of nitrogens with one attached hydrogen (secondary N) is 1. The lowest BCUT2D eigenvalue weighted by Gasteiger charge is -2.12. The van der Waals surface area contributed by atoms with Gasteiger partial charge in [0, 0.05) is 27.4 Å². The van der Waals surface area contributed by atoms with Crippen LogP contribution in [0.25, 0.3) is 17.4 Å². The van der Waals surface area contributed by atoms with Crippen LogP contribution in [0.5, 0.6) is 0 Å². The van der Waals surface area contributed by atoms with E-state index in [-0.39, 0.29) is 4.91 Å². The maximum Gasteiger partial charge on any atom is 0.294 e. The molecule has 0 unspecified atom stereocenters. The summed E-state index contributed by atoms with van der Waals surface area (Å²) in [7, 11) is 0. The minimum atomic E-state index is -0.583. The number of hydrogen-bond donors (Lipinski definition) is 1. The monoisotopic (exact) mass is 520 g/mol. The molecule has 1 N–H and O–H groups in total. The van der Waals surface area contributed by atoms with Gasteiger partial charge in [-0.15, -0.1) is 0 Å². The van der Waals surface area contributed by atoms with Gasteiger partial charge < -0.3 is 9.73 Å². The maximum atomic E-state index is 12.7. The Hall–Kier alpha value is -2.71. The van der Waals surface area contributed by atoms with Crippen LogP contribution in [0.15, 0.2) is 57.9 Å². The Morgan fingerprint density at radius 2 is 1.85 bits per heavy atom. The van der Waals surface area contributed by atoms with Gasteiger partial charge in [-0.1, -0.05) is 40.9 Å². The lowest BCUT2D eigenvalue weighted by molar-refractivity contribution is -0.127. The van der Waals surface area contributed by atoms with Crippen LogP contribution in [0, 0.1) is 6.92 Å². The second kappa shape index (κ2) is 9.65. The highest BCUT2D eigenvalue weighted by atomic mass is 35.5. The van der Waals surface area contributed by atoms with E-state index in [1.807, 2.05) is 6.92 Å². The van der Waals surface area contributed by atoms with Crippen molar-refractivity contribution in [1.82, 2.24) is 4.90 Å². The van der Waals surface area contributed by atoms with E-state index >= 15 is 0 Å².